The minimum absolute atomic E-state index is 0.344. The van der Waals surface area contributed by atoms with Crippen molar-refractivity contribution >= 4 is 28.0 Å². The molecule has 0 aliphatic heterocycles. The fraction of sp³-hybridized carbons (Fsp3) is 0.435. The fourth-order valence-electron chi connectivity index (χ4n) is 4.23. The summed E-state index contributed by atoms with van der Waals surface area (Å²) in [6.45, 7) is 4.37. The number of ether oxygens (including phenoxy) is 2. The molecule has 0 radical (unpaired) electrons. The predicted molar refractivity (Wildman–Crippen MR) is 126 cm³/mol. The number of nitrogens with one attached hydrogen (secondary N) is 1. The van der Waals surface area contributed by atoms with Gasteiger partial charge < -0.3 is 20.5 Å². The molecular weight excluding hydrogens is 420 g/mol. The van der Waals surface area contributed by atoms with Gasteiger partial charge in [-0.3, -0.25) is 0 Å². The Hall–Kier alpha value is -3.37. The van der Waals surface area contributed by atoms with Gasteiger partial charge in [0, 0.05) is 24.1 Å². The standard InChI is InChI=1S/C23H28N8O2/c1-2-32-9-10-33-21-8-4-16-12-18(6-7-19(16)27-21)31-22-20(29-30-31)14-25-23(28-22)26-17-5-3-15(11-17)13-24/h4,6-8,12,14-15,17H,2-3,5,9-11,13,24H2,1H3,(H,25,26,28)/t15-,17-/m1/s1. The first-order valence-corrected chi connectivity index (χ1v) is 11.4. The number of fused-ring (bicyclic) bond motifs is 2. The highest BCUT2D eigenvalue weighted by molar-refractivity contribution is 5.82. The molecule has 3 aromatic heterocycles. The summed E-state index contributed by atoms with van der Waals surface area (Å²) in [5.74, 6) is 1.73. The van der Waals surface area contributed by atoms with Crippen LogP contribution in [0.2, 0.25) is 0 Å². The normalized spacial score (nSPS) is 18.2. The molecule has 33 heavy (non-hydrogen) atoms. The van der Waals surface area contributed by atoms with Gasteiger partial charge in [-0.1, -0.05) is 5.21 Å². The largest absolute Gasteiger partial charge is 0.475 e. The van der Waals surface area contributed by atoms with Gasteiger partial charge in [0.25, 0.3) is 0 Å². The van der Waals surface area contributed by atoms with Crippen LogP contribution in [0, 0.1) is 5.92 Å². The van der Waals surface area contributed by atoms with E-state index >= 15 is 0 Å². The van der Waals surface area contributed by atoms with E-state index in [0.29, 0.717) is 54.8 Å². The van der Waals surface area contributed by atoms with Crippen LogP contribution in [-0.4, -0.2) is 62.4 Å². The van der Waals surface area contributed by atoms with E-state index in [1.165, 1.54) is 0 Å². The number of aromatic nitrogens is 6. The van der Waals surface area contributed by atoms with E-state index in [2.05, 4.69) is 25.6 Å². The third-order valence-corrected chi connectivity index (χ3v) is 5.97. The van der Waals surface area contributed by atoms with Crippen LogP contribution in [0.4, 0.5) is 5.95 Å². The molecule has 1 aliphatic carbocycles. The van der Waals surface area contributed by atoms with Crippen molar-refractivity contribution < 1.29 is 9.47 Å². The summed E-state index contributed by atoms with van der Waals surface area (Å²) in [5, 5.41) is 13.0. The molecule has 2 atom stereocenters. The molecule has 1 fully saturated rings. The summed E-state index contributed by atoms with van der Waals surface area (Å²) in [7, 11) is 0. The molecule has 4 aromatic rings. The molecule has 3 heterocycles. The molecule has 1 saturated carbocycles. The molecule has 0 saturated heterocycles. The molecular formula is C23H28N8O2. The maximum absolute atomic E-state index is 5.82. The predicted octanol–water partition coefficient (Wildman–Crippen LogP) is 2.71. The van der Waals surface area contributed by atoms with Gasteiger partial charge in [-0.15, -0.1) is 5.10 Å². The van der Waals surface area contributed by atoms with Crippen molar-refractivity contribution in [3.05, 3.63) is 36.5 Å². The summed E-state index contributed by atoms with van der Waals surface area (Å²) in [6, 6.07) is 10.1. The Labute approximate surface area is 191 Å². The lowest BCUT2D eigenvalue weighted by Gasteiger charge is -2.12. The van der Waals surface area contributed by atoms with Gasteiger partial charge in [0.2, 0.25) is 11.8 Å². The maximum Gasteiger partial charge on any atom is 0.225 e. The number of rotatable bonds is 9. The topological polar surface area (TPSA) is 126 Å². The quantitative estimate of drug-likeness (QED) is 0.372. The summed E-state index contributed by atoms with van der Waals surface area (Å²) in [6.07, 6.45) is 4.97. The molecule has 0 spiro atoms. The summed E-state index contributed by atoms with van der Waals surface area (Å²) < 4.78 is 12.7. The van der Waals surface area contributed by atoms with Crippen molar-refractivity contribution in [3.8, 4) is 11.6 Å². The van der Waals surface area contributed by atoms with E-state index in [9.17, 15) is 0 Å². The van der Waals surface area contributed by atoms with E-state index < -0.39 is 0 Å². The first kappa shape index (κ1) is 21.5. The van der Waals surface area contributed by atoms with E-state index in [1.54, 1.807) is 10.9 Å². The third-order valence-electron chi connectivity index (χ3n) is 5.97. The Bertz CT molecular complexity index is 1240. The average Bonchev–Trinajstić information content (AvgIpc) is 3.48. The lowest BCUT2D eigenvalue weighted by atomic mass is 10.1. The molecule has 10 nitrogen and oxygen atoms in total. The minimum Gasteiger partial charge on any atom is -0.475 e. The zero-order valence-corrected chi connectivity index (χ0v) is 18.6. The van der Waals surface area contributed by atoms with Crippen molar-refractivity contribution in [1.82, 2.24) is 29.9 Å². The van der Waals surface area contributed by atoms with Gasteiger partial charge in [0.05, 0.1) is 24.0 Å². The molecule has 0 bridgehead atoms. The molecule has 10 heteroatoms. The summed E-state index contributed by atoms with van der Waals surface area (Å²) in [5.41, 5.74) is 8.81. The van der Waals surface area contributed by atoms with Gasteiger partial charge in [-0.2, -0.15) is 9.67 Å². The monoisotopic (exact) mass is 448 g/mol. The van der Waals surface area contributed by atoms with Crippen LogP contribution in [0.1, 0.15) is 26.2 Å². The van der Waals surface area contributed by atoms with Gasteiger partial charge in [0.1, 0.15) is 6.61 Å². The van der Waals surface area contributed by atoms with Crippen molar-refractivity contribution in [2.75, 3.05) is 31.7 Å². The highest BCUT2D eigenvalue weighted by atomic mass is 16.5. The van der Waals surface area contributed by atoms with Crippen molar-refractivity contribution in [3.63, 3.8) is 0 Å². The highest BCUT2D eigenvalue weighted by Gasteiger charge is 2.24. The Balaban J connectivity index is 1.37. The lowest BCUT2D eigenvalue weighted by Crippen LogP contribution is -2.19. The fourth-order valence-corrected chi connectivity index (χ4v) is 4.23. The maximum atomic E-state index is 5.82. The molecule has 0 amide bonds. The van der Waals surface area contributed by atoms with Crippen LogP contribution < -0.4 is 15.8 Å². The molecule has 172 valence electrons. The van der Waals surface area contributed by atoms with E-state index in [4.69, 9.17) is 20.2 Å². The van der Waals surface area contributed by atoms with Gasteiger partial charge in [-0.25, -0.2) is 9.97 Å². The zero-order chi connectivity index (χ0) is 22.6. The van der Waals surface area contributed by atoms with E-state index in [-0.39, 0.29) is 0 Å². The number of nitrogens with zero attached hydrogens (tertiary/aromatic N) is 6. The van der Waals surface area contributed by atoms with Crippen LogP contribution in [-0.2, 0) is 4.74 Å². The van der Waals surface area contributed by atoms with Crippen LogP contribution in [0.3, 0.4) is 0 Å². The van der Waals surface area contributed by atoms with E-state index in [0.717, 1.165) is 42.4 Å². The van der Waals surface area contributed by atoms with Crippen molar-refractivity contribution in [1.29, 1.82) is 0 Å². The minimum atomic E-state index is 0.344. The smallest absolute Gasteiger partial charge is 0.225 e. The number of benzene rings is 1. The average molecular weight is 449 g/mol. The van der Waals surface area contributed by atoms with Gasteiger partial charge in [0.15, 0.2) is 11.2 Å². The molecule has 5 rings (SSSR count). The van der Waals surface area contributed by atoms with Crippen LogP contribution in [0.25, 0.3) is 27.8 Å². The van der Waals surface area contributed by atoms with Crippen LogP contribution in [0.5, 0.6) is 5.88 Å². The number of pyridine rings is 1. The highest BCUT2D eigenvalue weighted by Crippen LogP contribution is 2.27. The van der Waals surface area contributed by atoms with Gasteiger partial charge >= 0.3 is 0 Å². The first-order chi connectivity index (χ1) is 16.2. The van der Waals surface area contributed by atoms with Crippen molar-refractivity contribution in [2.24, 2.45) is 11.7 Å². The zero-order valence-electron chi connectivity index (χ0n) is 18.6. The Morgan fingerprint density at radius 3 is 2.91 bits per heavy atom. The SMILES string of the molecule is CCOCCOc1ccc2cc(-n3nnc4cnc(N[C@@H]5CC[C@@H](CN)C5)nc43)ccc2n1. The third kappa shape index (κ3) is 4.71. The van der Waals surface area contributed by atoms with Gasteiger partial charge in [-0.05, 0) is 62.9 Å². The second-order valence-corrected chi connectivity index (χ2v) is 8.23. The molecule has 1 aliphatic rings. The second-order valence-electron chi connectivity index (χ2n) is 8.23. The Morgan fingerprint density at radius 1 is 1.12 bits per heavy atom. The van der Waals surface area contributed by atoms with Crippen LogP contribution in [0.15, 0.2) is 36.5 Å². The molecule has 3 N–H and O–H groups in total. The Kier molecular flexibility index (Phi) is 6.27. The number of nitrogens with two attached hydrogens (primary N) is 1. The molecule has 0 unspecified atom stereocenters. The Morgan fingerprint density at radius 2 is 2.06 bits per heavy atom. The summed E-state index contributed by atoms with van der Waals surface area (Å²) >= 11 is 0. The van der Waals surface area contributed by atoms with E-state index in [1.807, 2.05) is 37.3 Å². The number of hydrogen-bond acceptors (Lipinski definition) is 9. The van der Waals surface area contributed by atoms with Crippen molar-refractivity contribution in [2.45, 2.75) is 32.2 Å². The lowest BCUT2D eigenvalue weighted by molar-refractivity contribution is 0.108. The first-order valence-electron chi connectivity index (χ1n) is 11.4. The number of hydrogen-bond donors (Lipinski definition) is 2. The van der Waals surface area contributed by atoms with Crippen LogP contribution >= 0.6 is 0 Å². The summed E-state index contributed by atoms with van der Waals surface area (Å²) in [4.78, 5) is 13.7. The number of anilines is 1. The molecule has 1 aromatic carbocycles. The second kappa shape index (κ2) is 9.63.